The molecule has 1 atom stereocenters. The van der Waals surface area contributed by atoms with Crippen molar-refractivity contribution in [2.75, 3.05) is 20.2 Å². The summed E-state index contributed by atoms with van der Waals surface area (Å²) < 4.78 is 11.2. The molecule has 0 bridgehead atoms. The predicted octanol–water partition coefficient (Wildman–Crippen LogP) is 2.91. The predicted molar refractivity (Wildman–Crippen MR) is 95.6 cm³/mol. The molecule has 1 aliphatic rings. The summed E-state index contributed by atoms with van der Waals surface area (Å²) in [5, 5.41) is 8.39. The van der Waals surface area contributed by atoms with Crippen LogP contribution >= 0.6 is 0 Å². The SMILES string of the molecule is COc1cccc(CN2CCC[C@@H](c3nnc(-c4cnccn4)o3)C2)c1. The lowest BCUT2D eigenvalue weighted by Gasteiger charge is -2.31. The van der Waals surface area contributed by atoms with E-state index in [1.54, 1.807) is 25.7 Å². The van der Waals surface area contributed by atoms with Crippen LogP contribution in [-0.4, -0.2) is 45.3 Å². The number of hydrogen-bond donors (Lipinski definition) is 0. The third-order valence-corrected chi connectivity index (χ3v) is 4.62. The first-order valence-electron chi connectivity index (χ1n) is 8.77. The molecule has 3 heterocycles. The van der Waals surface area contributed by atoms with Crippen molar-refractivity contribution in [3.05, 3.63) is 54.3 Å². The van der Waals surface area contributed by atoms with Crippen LogP contribution in [0, 0.1) is 0 Å². The number of aromatic nitrogens is 4. The third-order valence-electron chi connectivity index (χ3n) is 4.62. The molecule has 3 aromatic rings. The molecule has 0 N–H and O–H groups in total. The standard InChI is InChI=1S/C19H21N5O2/c1-25-16-6-2-4-14(10-16)12-24-9-3-5-15(13-24)18-22-23-19(26-18)17-11-20-7-8-21-17/h2,4,6-8,10-11,15H,3,5,9,12-13H2,1H3/t15-/m1/s1. The molecule has 0 aliphatic carbocycles. The summed E-state index contributed by atoms with van der Waals surface area (Å²) in [6.45, 7) is 2.86. The lowest BCUT2D eigenvalue weighted by atomic mass is 9.97. The van der Waals surface area contributed by atoms with Crippen molar-refractivity contribution in [2.45, 2.75) is 25.3 Å². The van der Waals surface area contributed by atoms with Gasteiger partial charge in [-0.05, 0) is 37.1 Å². The first-order valence-corrected chi connectivity index (χ1v) is 8.77. The lowest BCUT2D eigenvalue weighted by molar-refractivity contribution is 0.186. The van der Waals surface area contributed by atoms with Crippen molar-refractivity contribution >= 4 is 0 Å². The second-order valence-corrected chi connectivity index (χ2v) is 6.46. The topological polar surface area (TPSA) is 77.2 Å². The van der Waals surface area contributed by atoms with E-state index in [4.69, 9.17) is 9.15 Å². The van der Waals surface area contributed by atoms with Crippen LogP contribution in [0.5, 0.6) is 5.75 Å². The first-order chi connectivity index (χ1) is 12.8. The van der Waals surface area contributed by atoms with Gasteiger partial charge in [0.15, 0.2) is 0 Å². The largest absolute Gasteiger partial charge is 0.497 e. The monoisotopic (exact) mass is 351 g/mol. The van der Waals surface area contributed by atoms with Crippen LogP contribution in [-0.2, 0) is 6.54 Å². The highest BCUT2D eigenvalue weighted by Gasteiger charge is 2.26. The highest BCUT2D eigenvalue weighted by Crippen LogP contribution is 2.28. The minimum absolute atomic E-state index is 0.243. The Bertz CT molecular complexity index is 852. The van der Waals surface area contributed by atoms with Gasteiger partial charge in [-0.15, -0.1) is 10.2 Å². The second kappa shape index (κ2) is 7.61. The molecule has 0 unspecified atom stereocenters. The van der Waals surface area contributed by atoms with Crippen molar-refractivity contribution in [1.29, 1.82) is 0 Å². The Morgan fingerprint density at radius 3 is 3.08 bits per heavy atom. The van der Waals surface area contributed by atoms with Gasteiger partial charge in [-0.25, -0.2) is 4.98 Å². The quantitative estimate of drug-likeness (QED) is 0.699. The molecule has 134 valence electrons. The Balaban J connectivity index is 1.44. The Morgan fingerprint density at radius 2 is 2.23 bits per heavy atom. The molecular formula is C19H21N5O2. The average molecular weight is 351 g/mol. The number of nitrogens with zero attached hydrogens (tertiary/aromatic N) is 5. The second-order valence-electron chi connectivity index (χ2n) is 6.46. The van der Waals surface area contributed by atoms with Crippen LogP contribution in [0.1, 0.15) is 30.2 Å². The molecular weight excluding hydrogens is 330 g/mol. The Kier molecular flexibility index (Phi) is 4.88. The van der Waals surface area contributed by atoms with Gasteiger partial charge in [0.2, 0.25) is 5.89 Å². The fourth-order valence-electron chi connectivity index (χ4n) is 3.34. The van der Waals surface area contributed by atoms with Crippen LogP contribution in [0.15, 0.2) is 47.3 Å². The van der Waals surface area contributed by atoms with Gasteiger partial charge < -0.3 is 9.15 Å². The zero-order valence-electron chi connectivity index (χ0n) is 14.7. The maximum atomic E-state index is 5.87. The number of benzene rings is 1. The van der Waals surface area contributed by atoms with E-state index in [9.17, 15) is 0 Å². The van der Waals surface area contributed by atoms with E-state index < -0.39 is 0 Å². The van der Waals surface area contributed by atoms with Crippen molar-refractivity contribution in [2.24, 2.45) is 0 Å². The molecule has 0 amide bonds. The van der Waals surface area contributed by atoms with E-state index in [1.165, 1.54) is 5.56 Å². The molecule has 1 aromatic carbocycles. The lowest BCUT2D eigenvalue weighted by Crippen LogP contribution is -2.34. The number of rotatable bonds is 5. The third kappa shape index (κ3) is 3.72. The summed E-state index contributed by atoms with van der Waals surface area (Å²) in [5.74, 6) is 2.24. The van der Waals surface area contributed by atoms with Gasteiger partial charge in [-0.1, -0.05) is 12.1 Å². The van der Waals surface area contributed by atoms with E-state index in [-0.39, 0.29) is 5.92 Å². The molecule has 4 rings (SSSR count). The van der Waals surface area contributed by atoms with E-state index >= 15 is 0 Å². The van der Waals surface area contributed by atoms with Gasteiger partial charge in [0.05, 0.1) is 19.2 Å². The van der Waals surface area contributed by atoms with Crippen molar-refractivity contribution in [3.63, 3.8) is 0 Å². The van der Waals surface area contributed by atoms with Gasteiger partial charge in [0.1, 0.15) is 11.4 Å². The van der Waals surface area contributed by atoms with E-state index in [0.717, 1.165) is 38.2 Å². The zero-order valence-corrected chi connectivity index (χ0v) is 14.7. The summed E-state index contributed by atoms with van der Waals surface area (Å²) in [4.78, 5) is 10.7. The summed E-state index contributed by atoms with van der Waals surface area (Å²) >= 11 is 0. The van der Waals surface area contributed by atoms with E-state index in [2.05, 4.69) is 37.2 Å². The minimum Gasteiger partial charge on any atom is -0.497 e. The molecule has 0 spiro atoms. The van der Waals surface area contributed by atoms with E-state index in [1.807, 2.05) is 12.1 Å². The highest BCUT2D eigenvalue weighted by atomic mass is 16.5. The number of hydrogen-bond acceptors (Lipinski definition) is 7. The number of piperidine rings is 1. The molecule has 2 aromatic heterocycles. The van der Waals surface area contributed by atoms with Gasteiger partial charge in [0, 0.05) is 25.5 Å². The number of ether oxygens (including phenoxy) is 1. The normalized spacial score (nSPS) is 18.0. The Hall–Kier alpha value is -2.80. The summed E-state index contributed by atoms with van der Waals surface area (Å²) in [6.07, 6.45) is 7.04. The molecule has 0 radical (unpaired) electrons. The van der Waals surface area contributed by atoms with Crippen LogP contribution < -0.4 is 4.74 Å². The maximum absolute atomic E-state index is 5.87. The fraction of sp³-hybridized carbons (Fsp3) is 0.368. The van der Waals surface area contributed by atoms with Gasteiger partial charge in [-0.3, -0.25) is 9.88 Å². The van der Waals surface area contributed by atoms with Crippen LogP contribution in [0.2, 0.25) is 0 Å². The van der Waals surface area contributed by atoms with Crippen molar-refractivity contribution in [3.8, 4) is 17.3 Å². The molecule has 7 nitrogen and oxygen atoms in total. The maximum Gasteiger partial charge on any atom is 0.267 e. The molecule has 0 saturated carbocycles. The van der Waals surface area contributed by atoms with Crippen LogP contribution in [0.4, 0.5) is 0 Å². The number of methoxy groups -OCH3 is 1. The van der Waals surface area contributed by atoms with Crippen molar-refractivity contribution < 1.29 is 9.15 Å². The summed E-state index contributed by atoms with van der Waals surface area (Å²) in [5.41, 5.74) is 1.85. The van der Waals surface area contributed by atoms with Crippen LogP contribution in [0.3, 0.4) is 0 Å². The first kappa shape index (κ1) is 16.7. The molecule has 1 fully saturated rings. The molecule has 1 aliphatic heterocycles. The molecule has 7 heteroatoms. The Labute approximate surface area is 152 Å². The average Bonchev–Trinajstić information content (AvgIpc) is 3.19. The van der Waals surface area contributed by atoms with Gasteiger partial charge in [0.25, 0.3) is 5.89 Å². The molecule has 1 saturated heterocycles. The summed E-state index contributed by atoms with van der Waals surface area (Å²) in [6, 6.07) is 8.21. The van der Waals surface area contributed by atoms with Crippen LogP contribution in [0.25, 0.3) is 11.6 Å². The zero-order chi connectivity index (χ0) is 17.8. The van der Waals surface area contributed by atoms with Gasteiger partial charge >= 0.3 is 0 Å². The summed E-state index contributed by atoms with van der Waals surface area (Å²) in [7, 11) is 1.69. The molecule has 26 heavy (non-hydrogen) atoms. The van der Waals surface area contributed by atoms with Gasteiger partial charge in [-0.2, -0.15) is 0 Å². The van der Waals surface area contributed by atoms with E-state index in [0.29, 0.717) is 17.5 Å². The highest BCUT2D eigenvalue weighted by molar-refractivity contribution is 5.43. The number of likely N-dealkylation sites (tertiary alicyclic amines) is 1. The Morgan fingerprint density at radius 1 is 1.27 bits per heavy atom. The van der Waals surface area contributed by atoms with Crippen molar-refractivity contribution in [1.82, 2.24) is 25.1 Å². The fourth-order valence-corrected chi connectivity index (χ4v) is 3.34. The smallest absolute Gasteiger partial charge is 0.267 e. The minimum atomic E-state index is 0.243.